The predicted molar refractivity (Wildman–Crippen MR) is 203 cm³/mol. The maximum atomic E-state index is 5.11. The number of benzene rings is 6. The van der Waals surface area contributed by atoms with Crippen LogP contribution in [0.2, 0.25) is 0 Å². The van der Waals surface area contributed by atoms with Gasteiger partial charge in [-0.3, -0.25) is 0 Å². The Kier molecular flexibility index (Phi) is 6.46. The minimum atomic E-state index is -0.555. The molecule has 51 heavy (non-hydrogen) atoms. The Bertz CT molecular complexity index is 2480. The van der Waals surface area contributed by atoms with E-state index in [1.807, 2.05) is 62.4 Å². The van der Waals surface area contributed by atoms with Gasteiger partial charge in [0.05, 0.1) is 11.1 Å². The fraction of sp³-hybridized carbons (Fsp3) is 0.0652. The lowest BCUT2D eigenvalue weighted by atomic mass is 9.70. The molecule has 0 saturated heterocycles. The monoisotopic (exact) mass is 653 g/mol. The summed E-state index contributed by atoms with van der Waals surface area (Å²) >= 11 is 0. The molecule has 10 rings (SSSR count). The molecule has 0 atom stereocenters. The highest BCUT2D eigenvalue weighted by atomic mass is 15.0. The Morgan fingerprint density at radius 2 is 0.824 bits per heavy atom. The van der Waals surface area contributed by atoms with Gasteiger partial charge in [0.15, 0.2) is 17.5 Å². The molecular formula is C46H31N5. The molecule has 0 bridgehead atoms. The van der Waals surface area contributed by atoms with Crippen LogP contribution >= 0.6 is 0 Å². The summed E-state index contributed by atoms with van der Waals surface area (Å²) in [6.07, 6.45) is 0. The highest BCUT2D eigenvalue weighted by Gasteiger charge is 2.51. The number of fused-ring (bicyclic) bond motifs is 10. The Morgan fingerprint density at radius 3 is 1.41 bits per heavy atom. The van der Waals surface area contributed by atoms with Crippen molar-refractivity contribution in [3.8, 4) is 67.7 Å². The van der Waals surface area contributed by atoms with Crippen LogP contribution in [0.1, 0.15) is 33.8 Å². The van der Waals surface area contributed by atoms with Gasteiger partial charge in [0.2, 0.25) is 0 Å². The standard InChI is InChI=1S/C46H31N5/c1-28-25-42(30-13-5-3-6-14-30)50-44(47-28)32-21-23-36-37-24-22-33(45-49-29(2)48-43(51-45)31-15-7-4-8-16-31)27-41(37)46(40(36)26-32)38-19-11-9-17-34(38)35-18-10-12-20-39(35)46/h3-27H,1-2H3. The van der Waals surface area contributed by atoms with Crippen LogP contribution in [0.25, 0.3) is 67.7 Å². The van der Waals surface area contributed by atoms with Crippen LogP contribution in [-0.2, 0) is 5.41 Å². The van der Waals surface area contributed by atoms with Crippen LogP contribution in [0, 0.1) is 13.8 Å². The van der Waals surface area contributed by atoms with E-state index in [9.17, 15) is 0 Å². The van der Waals surface area contributed by atoms with Crippen LogP contribution in [0.15, 0.2) is 152 Å². The van der Waals surface area contributed by atoms with Gasteiger partial charge in [-0.25, -0.2) is 24.9 Å². The molecule has 0 aliphatic heterocycles. The zero-order chi connectivity index (χ0) is 34.1. The van der Waals surface area contributed by atoms with Crippen molar-refractivity contribution in [1.82, 2.24) is 24.9 Å². The smallest absolute Gasteiger partial charge is 0.163 e. The number of aryl methyl sites for hydroxylation is 2. The zero-order valence-electron chi connectivity index (χ0n) is 28.2. The molecule has 2 aliphatic carbocycles. The van der Waals surface area contributed by atoms with Crippen LogP contribution < -0.4 is 0 Å². The Labute approximate surface area is 296 Å². The summed E-state index contributed by atoms with van der Waals surface area (Å²) < 4.78 is 0. The summed E-state index contributed by atoms with van der Waals surface area (Å²) in [6.45, 7) is 3.98. The molecule has 0 fully saturated rings. The minimum Gasteiger partial charge on any atom is -0.233 e. The van der Waals surface area contributed by atoms with Gasteiger partial charge < -0.3 is 0 Å². The number of rotatable bonds is 4. The van der Waals surface area contributed by atoms with Crippen molar-refractivity contribution in [3.63, 3.8) is 0 Å². The van der Waals surface area contributed by atoms with Gasteiger partial charge in [0.1, 0.15) is 5.82 Å². The zero-order valence-corrected chi connectivity index (χ0v) is 28.2. The van der Waals surface area contributed by atoms with Crippen molar-refractivity contribution in [2.75, 3.05) is 0 Å². The third-order valence-corrected chi connectivity index (χ3v) is 10.3. The SMILES string of the molecule is Cc1cc(-c2ccccc2)nc(-c2ccc3c(c2)C2(c4ccccc4-c4ccccc42)c2cc(-c4nc(C)nc(-c5ccccc5)n4)ccc2-3)n1. The summed E-state index contributed by atoms with van der Waals surface area (Å²) in [4.78, 5) is 24.7. The van der Waals surface area contributed by atoms with Crippen molar-refractivity contribution in [2.45, 2.75) is 19.3 Å². The number of aromatic nitrogens is 5. The van der Waals surface area contributed by atoms with Crippen molar-refractivity contribution in [2.24, 2.45) is 0 Å². The topological polar surface area (TPSA) is 64.5 Å². The lowest BCUT2D eigenvalue weighted by Gasteiger charge is -2.31. The third kappa shape index (κ3) is 4.44. The van der Waals surface area contributed by atoms with Crippen molar-refractivity contribution >= 4 is 0 Å². The van der Waals surface area contributed by atoms with Crippen molar-refractivity contribution in [3.05, 3.63) is 185 Å². The van der Waals surface area contributed by atoms with E-state index in [4.69, 9.17) is 24.9 Å². The molecule has 8 aromatic rings. The van der Waals surface area contributed by atoms with E-state index >= 15 is 0 Å². The quantitative estimate of drug-likeness (QED) is 0.189. The van der Waals surface area contributed by atoms with E-state index < -0.39 is 5.41 Å². The summed E-state index contributed by atoms with van der Waals surface area (Å²) in [7, 11) is 0. The lowest BCUT2D eigenvalue weighted by Crippen LogP contribution is -2.26. The normalized spacial score (nSPS) is 13.1. The number of hydrogen-bond donors (Lipinski definition) is 0. The first kappa shape index (κ1) is 29.3. The van der Waals surface area contributed by atoms with Crippen LogP contribution in [0.5, 0.6) is 0 Å². The van der Waals surface area contributed by atoms with Gasteiger partial charge in [0, 0.05) is 27.9 Å². The average molecular weight is 654 g/mol. The second-order valence-electron chi connectivity index (χ2n) is 13.3. The lowest BCUT2D eigenvalue weighted by molar-refractivity contribution is 0.794. The van der Waals surface area contributed by atoms with E-state index in [2.05, 4.69) is 103 Å². The first-order valence-corrected chi connectivity index (χ1v) is 17.3. The molecule has 0 amide bonds. The Morgan fingerprint density at radius 1 is 0.353 bits per heavy atom. The van der Waals surface area contributed by atoms with E-state index in [-0.39, 0.29) is 0 Å². The Balaban J connectivity index is 1.22. The molecule has 5 nitrogen and oxygen atoms in total. The Hall–Kier alpha value is -6.59. The van der Waals surface area contributed by atoms with Gasteiger partial charge >= 0.3 is 0 Å². The van der Waals surface area contributed by atoms with E-state index in [1.54, 1.807) is 0 Å². The minimum absolute atomic E-state index is 0.555. The molecule has 240 valence electrons. The molecule has 0 N–H and O–H groups in total. The summed E-state index contributed by atoms with van der Waals surface area (Å²) in [5.41, 5.74) is 15.2. The largest absolute Gasteiger partial charge is 0.233 e. The van der Waals surface area contributed by atoms with Gasteiger partial charge in [-0.2, -0.15) is 0 Å². The highest BCUT2D eigenvalue weighted by Crippen LogP contribution is 2.63. The second kappa shape index (κ2) is 11.2. The maximum absolute atomic E-state index is 5.11. The number of hydrogen-bond acceptors (Lipinski definition) is 5. The van der Waals surface area contributed by atoms with Gasteiger partial charge in [-0.05, 0) is 76.6 Å². The number of nitrogens with zero attached hydrogens (tertiary/aromatic N) is 5. The highest BCUT2D eigenvalue weighted by molar-refractivity contribution is 5.96. The first-order valence-electron chi connectivity index (χ1n) is 17.3. The summed E-state index contributed by atoms with van der Waals surface area (Å²) in [6, 6.07) is 53.7. The second-order valence-corrected chi connectivity index (χ2v) is 13.3. The average Bonchev–Trinajstić information content (AvgIpc) is 3.65. The maximum Gasteiger partial charge on any atom is 0.163 e. The van der Waals surface area contributed by atoms with Crippen molar-refractivity contribution in [1.29, 1.82) is 0 Å². The van der Waals surface area contributed by atoms with Crippen LogP contribution in [0.4, 0.5) is 0 Å². The third-order valence-electron chi connectivity index (χ3n) is 10.3. The van der Waals surface area contributed by atoms with E-state index in [0.717, 1.165) is 39.5 Å². The fourth-order valence-corrected chi connectivity index (χ4v) is 8.20. The van der Waals surface area contributed by atoms with Crippen molar-refractivity contribution < 1.29 is 0 Å². The molecule has 6 aromatic carbocycles. The summed E-state index contributed by atoms with van der Waals surface area (Å²) in [5, 5.41) is 0. The molecule has 0 saturated carbocycles. The molecule has 2 aromatic heterocycles. The molecule has 2 aliphatic rings. The predicted octanol–water partition coefficient (Wildman–Crippen LogP) is 10.3. The van der Waals surface area contributed by atoms with Crippen LogP contribution in [-0.4, -0.2) is 24.9 Å². The molecule has 0 unspecified atom stereocenters. The molecule has 1 spiro atoms. The van der Waals surface area contributed by atoms with Gasteiger partial charge in [-0.1, -0.05) is 133 Å². The molecule has 2 heterocycles. The molecule has 5 heteroatoms. The van der Waals surface area contributed by atoms with Gasteiger partial charge in [-0.15, -0.1) is 0 Å². The summed E-state index contributed by atoms with van der Waals surface area (Å²) in [5.74, 6) is 2.74. The van der Waals surface area contributed by atoms with E-state index in [0.29, 0.717) is 17.5 Å². The molecule has 0 radical (unpaired) electrons. The fourth-order valence-electron chi connectivity index (χ4n) is 8.20. The van der Waals surface area contributed by atoms with Crippen LogP contribution in [0.3, 0.4) is 0 Å². The first-order chi connectivity index (χ1) is 25.1. The molecular weight excluding hydrogens is 623 g/mol. The van der Waals surface area contributed by atoms with E-state index in [1.165, 1.54) is 44.5 Å². The van der Waals surface area contributed by atoms with Gasteiger partial charge in [0.25, 0.3) is 0 Å².